The van der Waals surface area contributed by atoms with Crippen molar-refractivity contribution in [3.05, 3.63) is 11.7 Å². The van der Waals surface area contributed by atoms with Crippen molar-refractivity contribution in [2.75, 3.05) is 0 Å². The lowest BCUT2D eigenvalue weighted by molar-refractivity contribution is 0.368. The lowest BCUT2D eigenvalue weighted by Crippen LogP contribution is -2.03. The van der Waals surface area contributed by atoms with Crippen molar-refractivity contribution in [3.63, 3.8) is 0 Å². The molecule has 1 saturated carbocycles. The van der Waals surface area contributed by atoms with Crippen LogP contribution in [-0.2, 0) is 0 Å². The number of hydrogen-bond acceptors (Lipinski definition) is 0. The Labute approximate surface area is 111 Å². The molecule has 1 fully saturated rings. The molecule has 1 aliphatic rings. The average Bonchev–Trinajstić information content (AvgIpc) is 3.15. The van der Waals surface area contributed by atoms with Gasteiger partial charge in [0.2, 0.25) is 0 Å². The van der Waals surface area contributed by atoms with Crippen LogP contribution in [-0.4, -0.2) is 0 Å². The Balaban J connectivity index is 2.37. The van der Waals surface area contributed by atoms with Gasteiger partial charge >= 0.3 is 0 Å². The lowest BCUT2D eigenvalue weighted by atomic mass is 9.95. The highest BCUT2D eigenvalue weighted by molar-refractivity contribution is 5.18. The summed E-state index contributed by atoms with van der Waals surface area (Å²) >= 11 is 0. The Bertz CT molecular complexity index is 264. The van der Waals surface area contributed by atoms with Crippen LogP contribution in [0.1, 0.15) is 84.5 Å². The van der Waals surface area contributed by atoms with Gasteiger partial charge in [-0.25, -0.2) is 8.78 Å². The molecule has 0 N–H and O–H groups in total. The predicted molar refractivity (Wildman–Crippen MR) is 73.8 cm³/mol. The van der Waals surface area contributed by atoms with Crippen molar-refractivity contribution in [2.45, 2.75) is 84.5 Å². The van der Waals surface area contributed by atoms with Crippen LogP contribution in [0.5, 0.6) is 0 Å². The standard InChI is InChI=1S/C16H28F2/c1-3-5-7-8-10-14(17)15(18)16(12-13-16)11-9-6-4-2/h3-13H2,1-2H3. The van der Waals surface area contributed by atoms with E-state index in [9.17, 15) is 8.78 Å². The Morgan fingerprint density at radius 1 is 0.889 bits per heavy atom. The predicted octanol–water partition coefficient (Wildman–Crippen LogP) is 6.47. The first-order valence-corrected chi connectivity index (χ1v) is 7.71. The summed E-state index contributed by atoms with van der Waals surface area (Å²) in [5.41, 5.74) is -0.385. The monoisotopic (exact) mass is 258 g/mol. The van der Waals surface area contributed by atoms with Gasteiger partial charge in [0.05, 0.1) is 0 Å². The van der Waals surface area contributed by atoms with Crippen LogP contribution in [0.4, 0.5) is 8.78 Å². The van der Waals surface area contributed by atoms with E-state index in [0.717, 1.165) is 64.2 Å². The van der Waals surface area contributed by atoms with Crippen LogP contribution >= 0.6 is 0 Å². The summed E-state index contributed by atoms with van der Waals surface area (Å²) in [5.74, 6) is -0.866. The van der Waals surface area contributed by atoms with Crippen molar-refractivity contribution in [1.29, 1.82) is 0 Å². The summed E-state index contributed by atoms with van der Waals surface area (Å²) in [6, 6.07) is 0. The first-order chi connectivity index (χ1) is 8.66. The Morgan fingerprint density at radius 3 is 2.06 bits per heavy atom. The SMILES string of the molecule is CCCCCCC(F)=C(F)C1(CCCCC)CC1. The minimum absolute atomic E-state index is 0.307. The molecule has 1 rings (SSSR count). The summed E-state index contributed by atoms with van der Waals surface area (Å²) < 4.78 is 27.9. The van der Waals surface area contributed by atoms with E-state index in [1.165, 1.54) is 0 Å². The smallest absolute Gasteiger partial charge is 0.137 e. The van der Waals surface area contributed by atoms with E-state index in [-0.39, 0.29) is 5.41 Å². The van der Waals surface area contributed by atoms with Crippen LogP contribution in [0, 0.1) is 5.41 Å². The largest absolute Gasteiger partial charge is 0.209 e. The number of rotatable bonds is 10. The molecule has 0 aromatic rings. The van der Waals surface area contributed by atoms with Crippen LogP contribution in [0.25, 0.3) is 0 Å². The van der Waals surface area contributed by atoms with E-state index in [1.807, 2.05) is 0 Å². The van der Waals surface area contributed by atoms with Gasteiger partial charge in [-0.05, 0) is 25.7 Å². The Morgan fingerprint density at radius 2 is 1.50 bits per heavy atom. The fourth-order valence-corrected chi connectivity index (χ4v) is 2.55. The lowest BCUT2D eigenvalue weighted by Gasteiger charge is -2.13. The molecule has 0 saturated heterocycles. The van der Waals surface area contributed by atoms with Crippen molar-refractivity contribution >= 4 is 0 Å². The maximum Gasteiger partial charge on any atom is 0.137 e. The third-order valence-corrected chi connectivity index (χ3v) is 4.07. The van der Waals surface area contributed by atoms with Crippen LogP contribution < -0.4 is 0 Å². The molecule has 1 aliphatic carbocycles. The maximum atomic E-state index is 14.1. The average molecular weight is 258 g/mol. The van der Waals surface area contributed by atoms with E-state index in [1.54, 1.807) is 0 Å². The second-order valence-electron chi connectivity index (χ2n) is 5.77. The zero-order chi connectivity index (χ0) is 13.4. The van der Waals surface area contributed by atoms with Gasteiger partial charge in [-0.1, -0.05) is 52.4 Å². The summed E-state index contributed by atoms with van der Waals surface area (Å²) in [5, 5.41) is 0. The number of halogens is 2. The third-order valence-electron chi connectivity index (χ3n) is 4.07. The Hall–Kier alpha value is -0.400. The first-order valence-electron chi connectivity index (χ1n) is 7.71. The van der Waals surface area contributed by atoms with Gasteiger partial charge in [0.15, 0.2) is 0 Å². The molecule has 0 unspecified atom stereocenters. The minimum Gasteiger partial charge on any atom is -0.209 e. The zero-order valence-electron chi connectivity index (χ0n) is 12.0. The molecule has 18 heavy (non-hydrogen) atoms. The van der Waals surface area contributed by atoms with Crippen molar-refractivity contribution in [2.24, 2.45) is 5.41 Å². The van der Waals surface area contributed by atoms with Gasteiger partial charge in [-0.3, -0.25) is 0 Å². The van der Waals surface area contributed by atoms with Gasteiger partial charge in [-0.15, -0.1) is 0 Å². The highest BCUT2D eigenvalue weighted by Gasteiger charge is 2.47. The van der Waals surface area contributed by atoms with Crippen molar-refractivity contribution in [3.8, 4) is 0 Å². The van der Waals surface area contributed by atoms with Crippen molar-refractivity contribution < 1.29 is 8.78 Å². The topological polar surface area (TPSA) is 0 Å². The number of allylic oxidation sites excluding steroid dienone is 2. The normalized spacial score (nSPS) is 18.7. The zero-order valence-corrected chi connectivity index (χ0v) is 12.0. The first kappa shape index (κ1) is 15.7. The molecular formula is C16H28F2. The molecular weight excluding hydrogens is 230 g/mol. The molecule has 0 bridgehead atoms. The molecule has 0 aliphatic heterocycles. The molecule has 0 aromatic heterocycles. The van der Waals surface area contributed by atoms with Gasteiger partial charge < -0.3 is 0 Å². The van der Waals surface area contributed by atoms with Crippen LogP contribution in [0.15, 0.2) is 11.7 Å². The quantitative estimate of drug-likeness (QED) is 0.394. The van der Waals surface area contributed by atoms with E-state index in [0.29, 0.717) is 6.42 Å². The highest BCUT2D eigenvalue weighted by atomic mass is 19.2. The molecule has 0 aromatic carbocycles. The maximum absolute atomic E-state index is 14.1. The Kier molecular flexibility index (Phi) is 6.88. The minimum atomic E-state index is -0.458. The second-order valence-corrected chi connectivity index (χ2v) is 5.77. The molecule has 2 heteroatoms. The van der Waals surface area contributed by atoms with Gasteiger partial charge in [0.25, 0.3) is 0 Å². The summed E-state index contributed by atoms with van der Waals surface area (Å²) in [7, 11) is 0. The summed E-state index contributed by atoms with van der Waals surface area (Å²) in [6.07, 6.45) is 10.2. The van der Waals surface area contributed by atoms with Gasteiger partial charge in [0, 0.05) is 11.8 Å². The highest BCUT2D eigenvalue weighted by Crippen LogP contribution is 2.57. The molecule has 0 amide bonds. The number of unbranched alkanes of at least 4 members (excludes halogenated alkanes) is 5. The van der Waals surface area contributed by atoms with Gasteiger partial charge in [0.1, 0.15) is 11.7 Å². The third kappa shape index (κ3) is 4.70. The fraction of sp³-hybridized carbons (Fsp3) is 0.875. The van der Waals surface area contributed by atoms with Gasteiger partial charge in [-0.2, -0.15) is 0 Å². The van der Waals surface area contributed by atoms with E-state index < -0.39 is 11.7 Å². The van der Waals surface area contributed by atoms with Crippen LogP contribution in [0.3, 0.4) is 0 Å². The van der Waals surface area contributed by atoms with Crippen LogP contribution in [0.2, 0.25) is 0 Å². The van der Waals surface area contributed by atoms with E-state index in [2.05, 4.69) is 13.8 Å². The van der Waals surface area contributed by atoms with Crippen molar-refractivity contribution in [1.82, 2.24) is 0 Å². The molecule has 0 atom stereocenters. The fourth-order valence-electron chi connectivity index (χ4n) is 2.55. The summed E-state index contributed by atoms with van der Waals surface area (Å²) in [6.45, 7) is 4.26. The molecule has 106 valence electrons. The molecule has 0 radical (unpaired) electrons. The van der Waals surface area contributed by atoms with E-state index >= 15 is 0 Å². The molecule has 0 nitrogen and oxygen atoms in total. The number of hydrogen-bond donors (Lipinski definition) is 0. The second kappa shape index (κ2) is 7.91. The summed E-state index contributed by atoms with van der Waals surface area (Å²) in [4.78, 5) is 0. The molecule has 0 heterocycles. The molecule has 0 spiro atoms. The van der Waals surface area contributed by atoms with E-state index in [4.69, 9.17) is 0 Å².